The van der Waals surface area contributed by atoms with Crippen LogP contribution in [0.1, 0.15) is 20.2 Å². The van der Waals surface area contributed by atoms with Crippen molar-refractivity contribution in [2.45, 2.75) is 0 Å². The van der Waals surface area contributed by atoms with Crippen molar-refractivity contribution < 1.29 is 18.7 Å². The maximum atomic E-state index is 13.4. The number of hydrogen-bond acceptors (Lipinski definition) is 6. The van der Waals surface area contributed by atoms with E-state index in [9.17, 15) is 14.0 Å². The number of rotatable bonds is 4. The molecular formula is C20H13ClFN3O3S2. The lowest BCUT2D eigenvalue weighted by Crippen LogP contribution is -2.41. The van der Waals surface area contributed by atoms with Crippen molar-refractivity contribution in [2.75, 3.05) is 7.11 Å². The molecule has 0 unspecified atom stereocenters. The molecule has 152 valence electrons. The monoisotopic (exact) mass is 461 g/mol. The second kappa shape index (κ2) is 8.39. The van der Waals surface area contributed by atoms with E-state index in [1.54, 1.807) is 24.6 Å². The van der Waals surface area contributed by atoms with Crippen LogP contribution in [0.15, 0.2) is 47.8 Å². The molecule has 6 nitrogen and oxygen atoms in total. The van der Waals surface area contributed by atoms with Crippen molar-refractivity contribution in [1.82, 2.24) is 15.8 Å². The summed E-state index contributed by atoms with van der Waals surface area (Å²) in [5, 5.41) is 3.03. The van der Waals surface area contributed by atoms with Crippen LogP contribution in [0.4, 0.5) is 4.39 Å². The van der Waals surface area contributed by atoms with Crippen LogP contribution in [-0.2, 0) is 0 Å². The first-order valence-corrected chi connectivity index (χ1v) is 10.6. The quantitative estimate of drug-likeness (QED) is 0.423. The van der Waals surface area contributed by atoms with Crippen LogP contribution >= 0.6 is 34.3 Å². The van der Waals surface area contributed by atoms with Gasteiger partial charge in [-0.1, -0.05) is 11.6 Å². The molecule has 30 heavy (non-hydrogen) atoms. The molecule has 4 aromatic rings. The largest absolute Gasteiger partial charge is 0.497 e. The van der Waals surface area contributed by atoms with E-state index < -0.39 is 17.6 Å². The van der Waals surface area contributed by atoms with Crippen molar-refractivity contribution >= 4 is 56.2 Å². The molecule has 0 saturated carbocycles. The van der Waals surface area contributed by atoms with Crippen LogP contribution in [-0.4, -0.2) is 23.9 Å². The molecule has 0 aliphatic heterocycles. The van der Waals surface area contributed by atoms with Crippen LogP contribution in [0, 0.1) is 5.82 Å². The summed E-state index contributed by atoms with van der Waals surface area (Å²) < 4.78 is 19.0. The summed E-state index contributed by atoms with van der Waals surface area (Å²) in [4.78, 5) is 29.2. The lowest BCUT2D eigenvalue weighted by atomic mass is 10.2. The van der Waals surface area contributed by atoms with E-state index in [1.165, 1.54) is 29.5 Å². The molecule has 10 heteroatoms. The molecule has 4 rings (SSSR count). The van der Waals surface area contributed by atoms with Crippen LogP contribution in [0.2, 0.25) is 5.02 Å². The zero-order valence-corrected chi connectivity index (χ0v) is 17.8. The normalized spacial score (nSPS) is 10.8. The van der Waals surface area contributed by atoms with Gasteiger partial charge in [0.1, 0.15) is 27.1 Å². The average molecular weight is 462 g/mol. The molecule has 0 atom stereocenters. The first-order chi connectivity index (χ1) is 14.5. The lowest BCUT2D eigenvalue weighted by Gasteiger charge is -2.05. The predicted molar refractivity (Wildman–Crippen MR) is 116 cm³/mol. The fraction of sp³-hybridized carbons (Fsp3) is 0.0500. The van der Waals surface area contributed by atoms with Crippen molar-refractivity contribution in [1.29, 1.82) is 0 Å². The number of aromatic nitrogens is 1. The number of amides is 2. The molecule has 0 bridgehead atoms. The van der Waals surface area contributed by atoms with Crippen molar-refractivity contribution in [3.8, 4) is 16.3 Å². The highest BCUT2D eigenvalue weighted by atomic mass is 35.5. The number of thiazole rings is 1. The van der Waals surface area contributed by atoms with Gasteiger partial charge in [-0.3, -0.25) is 20.4 Å². The Hall–Kier alpha value is -3.01. The summed E-state index contributed by atoms with van der Waals surface area (Å²) in [6.07, 6.45) is 0. The fourth-order valence-corrected chi connectivity index (χ4v) is 4.91. The highest BCUT2D eigenvalue weighted by molar-refractivity contribution is 7.21. The molecule has 2 N–H and O–H groups in total. The Morgan fingerprint density at radius 1 is 1.10 bits per heavy atom. The van der Waals surface area contributed by atoms with Crippen LogP contribution in [0.5, 0.6) is 5.75 Å². The number of fused-ring (bicyclic) bond motifs is 1. The highest BCUT2D eigenvalue weighted by Crippen LogP contribution is 2.35. The molecule has 2 amide bonds. The molecular weight excluding hydrogens is 449 g/mol. The van der Waals surface area contributed by atoms with E-state index in [-0.39, 0.29) is 15.6 Å². The summed E-state index contributed by atoms with van der Waals surface area (Å²) in [7, 11) is 1.58. The maximum absolute atomic E-state index is 13.4. The Bertz CT molecular complexity index is 1250. The van der Waals surface area contributed by atoms with Gasteiger partial charge in [0, 0.05) is 21.0 Å². The first-order valence-electron chi connectivity index (χ1n) is 8.54. The summed E-state index contributed by atoms with van der Waals surface area (Å²) in [6, 6.07) is 11.4. The van der Waals surface area contributed by atoms with Gasteiger partial charge in [-0.15, -0.1) is 22.7 Å². The zero-order chi connectivity index (χ0) is 21.3. The molecule has 0 aliphatic carbocycles. The molecule has 2 aromatic carbocycles. The Labute approximate surface area is 183 Å². The summed E-state index contributed by atoms with van der Waals surface area (Å²) in [6.45, 7) is 0. The predicted octanol–water partition coefficient (Wildman–Crippen LogP) is 4.90. The molecule has 0 radical (unpaired) electrons. The van der Waals surface area contributed by atoms with Crippen LogP contribution in [0.25, 0.3) is 20.7 Å². The van der Waals surface area contributed by atoms with E-state index in [0.717, 1.165) is 22.6 Å². The molecule has 2 heterocycles. The standard InChI is InChI=1S/C20H13ClFN3O3S2/c1-28-12-5-2-10(3-6-12)20-23-14(9-29-20)18(26)24-25-19(27)17-16(21)13-7-4-11(22)8-15(13)30-17/h2-9H,1H3,(H,24,26)(H,25,27). The van der Waals surface area contributed by atoms with Gasteiger partial charge >= 0.3 is 0 Å². The average Bonchev–Trinajstić information content (AvgIpc) is 3.37. The number of nitrogens with one attached hydrogen (secondary N) is 2. The lowest BCUT2D eigenvalue weighted by molar-refractivity contribution is 0.0846. The Morgan fingerprint density at radius 3 is 2.57 bits per heavy atom. The third-order valence-corrected chi connectivity index (χ3v) is 6.71. The minimum atomic E-state index is -0.597. The van der Waals surface area contributed by atoms with Gasteiger partial charge < -0.3 is 4.74 Å². The Morgan fingerprint density at radius 2 is 1.83 bits per heavy atom. The number of hydrazine groups is 1. The molecule has 0 aliphatic rings. The summed E-state index contributed by atoms with van der Waals surface area (Å²) in [5.41, 5.74) is 5.65. The smallest absolute Gasteiger partial charge is 0.289 e. The van der Waals surface area contributed by atoms with Gasteiger partial charge in [0.25, 0.3) is 11.8 Å². The fourth-order valence-electron chi connectivity index (χ4n) is 2.66. The molecule has 0 fully saturated rings. The molecule has 0 saturated heterocycles. The topological polar surface area (TPSA) is 80.3 Å². The molecule has 2 aromatic heterocycles. The SMILES string of the molecule is COc1ccc(-c2nc(C(=O)NNC(=O)c3sc4cc(F)ccc4c3Cl)cs2)cc1. The van der Waals surface area contributed by atoms with Gasteiger partial charge in [0.15, 0.2) is 0 Å². The van der Waals surface area contributed by atoms with E-state index in [1.807, 2.05) is 12.1 Å². The number of benzene rings is 2. The van der Waals surface area contributed by atoms with E-state index >= 15 is 0 Å². The van der Waals surface area contributed by atoms with E-state index in [2.05, 4.69) is 15.8 Å². The van der Waals surface area contributed by atoms with Gasteiger partial charge in [-0.25, -0.2) is 9.37 Å². The number of thiophene rings is 1. The van der Waals surface area contributed by atoms with Crippen LogP contribution in [0.3, 0.4) is 0 Å². The van der Waals surface area contributed by atoms with E-state index in [4.69, 9.17) is 16.3 Å². The van der Waals surface area contributed by atoms with Gasteiger partial charge in [0.2, 0.25) is 0 Å². The number of methoxy groups -OCH3 is 1. The Kier molecular flexibility index (Phi) is 5.67. The Balaban J connectivity index is 1.44. The maximum Gasteiger partial charge on any atom is 0.289 e. The number of ether oxygens (including phenoxy) is 1. The second-order valence-electron chi connectivity index (χ2n) is 6.06. The van der Waals surface area contributed by atoms with Crippen molar-refractivity contribution in [3.63, 3.8) is 0 Å². The van der Waals surface area contributed by atoms with Crippen molar-refractivity contribution in [3.05, 3.63) is 69.3 Å². The number of halogens is 2. The first kappa shape index (κ1) is 20.3. The van der Waals surface area contributed by atoms with Crippen molar-refractivity contribution in [2.24, 2.45) is 0 Å². The third-order valence-electron chi connectivity index (χ3n) is 4.16. The van der Waals surface area contributed by atoms with Crippen LogP contribution < -0.4 is 15.6 Å². The number of carbonyl (C=O) groups is 2. The second-order valence-corrected chi connectivity index (χ2v) is 8.35. The third kappa shape index (κ3) is 4.00. The van der Waals surface area contributed by atoms with Gasteiger partial charge in [-0.05, 0) is 42.5 Å². The summed E-state index contributed by atoms with van der Waals surface area (Å²) >= 11 is 8.56. The van der Waals surface area contributed by atoms with E-state index in [0.29, 0.717) is 15.1 Å². The summed E-state index contributed by atoms with van der Waals surface area (Å²) in [5.74, 6) is -0.862. The number of carbonyl (C=O) groups excluding carboxylic acids is 2. The zero-order valence-electron chi connectivity index (χ0n) is 15.4. The molecule has 0 spiro atoms. The number of nitrogens with zero attached hydrogens (tertiary/aromatic N) is 1. The van der Waals surface area contributed by atoms with Gasteiger partial charge in [0.05, 0.1) is 12.1 Å². The minimum absolute atomic E-state index is 0.163. The number of hydrogen-bond donors (Lipinski definition) is 2. The highest BCUT2D eigenvalue weighted by Gasteiger charge is 2.19. The minimum Gasteiger partial charge on any atom is -0.497 e. The van der Waals surface area contributed by atoms with Gasteiger partial charge in [-0.2, -0.15) is 0 Å².